The zero-order chi connectivity index (χ0) is 14.6. The molecule has 0 N–H and O–H groups in total. The summed E-state index contributed by atoms with van der Waals surface area (Å²) in [5.41, 5.74) is 4.40. The van der Waals surface area contributed by atoms with Gasteiger partial charge in [0.15, 0.2) is 0 Å². The molecule has 1 aliphatic rings. The molecule has 1 heteroatoms. The third kappa shape index (κ3) is 2.67. The second-order valence-corrected chi connectivity index (χ2v) is 5.81. The highest BCUT2D eigenvalue weighted by atomic mass is 15.2. The van der Waals surface area contributed by atoms with Gasteiger partial charge in [0.1, 0.15) is 0 Å². The van der Waals surface area contributed by atoms with Crippen LogP contribution >= 0.6 is 0 Å². The summed E-state index contributed by atoms with van der Waals surface area (Å²) in [5, 5.41) is 0. The van der Waals surface area contributed by atoms with Crippen LogP contribution in [-0.4, -0.2) is 5.54 Å². The second-order valence-electron chi connectivity index (χ2n) is 5.81. The SMILES string of the molecule is CCCC1(C)C(CC)=CC(CC)=CN1c1ccccc1. The molecule has 1 heterocycles. The van der Waals surface area contributed by atoms with Crippen molar-refractivity contribution in [3.05, 3.63) is 53.8 Å². The Morgan fingerprint density at radius 2 is 1.70 bits per heavy atom. The molecule has 0 spiro atoms. The Kier molecular flexibility index (Phi) is 4.69. The first kappa shape index (κ1) is 14.9. The molecule has 1 unspecified atom stereocenters. The van der Waals surface area contributed by atoms with Gasteiger partial charge in [-0.15, -0.1) is 0 Å². The molecule has 0 aliphatic carbocycles. The lowest BCUT2D eigenvalue weighted by molar-refractivity contribution is 0.463. The predicted molar refractivity (Wildman–Crippen MR) is 89.0 cm³/mol. The maximum absolute atomic E-state index is 2.49. The van der Waals surface area contributed by atoms with Gasteiger partial charge >= 0.3 is 0 Å². The van der Waals surface area contributed by atoms with Crippen molar-refractivity contribution < 1.29 is 0 Å². The van der Waals surface area contributed by atoms with Crippen LogP contribution in [0.1, 0.15) is 53.4 Å². The van der Waals surface area contributed by atoms with Crippen LogP contribution in [0.3, 0.4) is 0 Å². The van der Waals surface area contributed by atoms with E-state index in [-0.39, 0.29) is 5.54 Å². The van der Waals surface area contributed by atoms with Crippen molar-refractivity contribution in [3.8, 4) is 0 Å². The molecule has 0 radical (unpaired) electrons. The third-order valence-electron chi connectivity index (χ3n) is 4.44. The highest BCUT2D eigenvalue weighted by molar-refractivity contribution is 5.59. The van der Waals surface area contributed by atoms with Gasteiger partial charge in [-0.05, 0) is 49.5 Å². The van der Waals surface area contributed by atoms with Crippen molar-refractivity contribution in [2.24, 2.45) is 0 Å². The number of benzene rings is 1. The number of nitrogens with zero attached hydrogens (tertiary/aromatic N) is 1. The van der Waals surface area contributed by atoms with Gasteiger partial charge in [-0.2, -0.15) is 0 Å². The van der Waals surface area contributed by atoms with Crippen LogP contribution < -0.4 is 4.90 Å². The van der Waals surface area contributed by atoms with E-state index in [0.29, 0.717) is 0 Å². The highest BCUT2D eigenvalue weighted by Gasteiger charge is 2.35. The minimum absolute atomic E-state index is 0.115. The van der Waals surface area contributed by atoms with Gasteiger partial charge in [0.2, 0.25) is 0 Å². The standard InChI is InChI=1S/C19H27N/c1-5-13-19(4)17(7-3)14-16(6-2)15-20(19)18-11-9-8-10-12-18/h8-12,14-15H,5-7,13H2,1-4H3. The van der Waals surface area contributed by atoms with Gasteiger partial charge < -0.3 is 4.90 Å². The quantitative estimate of drug-likeness (QED) is 0.663. The number of rotatable bonds is 5. The lowest BCUT2D eigenvalue weighted by atomic mass is 9.80. The maximum Gasteiger partial charge on any atom is 0.0631 e. The molecule has 20 heavy (non-hydrogen) atoms. The molecule has 1 aromatic rings. The predicted octanol–water partition coefficient (Wildman–Crippen LogP) is 5.70. The van der Waals surface area contributed by atoms with Crippen LogP contribution in [0.15, 0.2) is 53.8 Å². The van der Waals surface area contributed by atoms with Crippen LogP contribution in [-0.2, 0) is 0 Å². The van der Waals surface area contributed by atoms with Gasteiger partial charge in [0.25, 0.3) is 0 Å². The third-order valence-corrected chi connectivity index (χ3v) is 4.44. The van der Waals surface area contributed by atoms with Crippen molar-refractivity contribution in [2.75, 3.05) is 4.90 Å². The fourth-order valence-corrected chi connectivity index (χ4v) is 3.27. The number of hydrogen-bond donors (Lipinski definition) is 0. The monoisotopic (exact) mass is 269 g/mol. The summed E-state index contributed by atoms with van der Waals surface area (Å²) in [5.74, 6) is 0. The molecule has 1 aliphatic heterocycles. The molecule has 0 aromatic heterocycles. The maximum atomic E-state index is 2.49. The summed E-state index contributed by atoms with van der Waals surface area (Å²) in [6.45, 7) is 9.19. The van der Waals surface area contributed by atoms with E-state index in [0.717, 1.165) is 12.8 Å². The minimum Gasteiger partial charge on any atom is -0.338 e. The van der Waals surface area contributed by atoms with E-state index in [9.17, 15) is 0 Å². The van der Waals surface area contributed by atoms with Crippen molar-refractivity contribution in [1.82, 2.24) is 0 Å². The van der Waals surface area contributed by atoms with Crippen LogP contribution in [0.5, 0.6) is 0 Å². The molecule has 0 saturated carbocycles. The van der Waals surface area contributed by atoms with E-state index in [1.165, 1.54) is 24.1 Å². The molecule has 1 aromatic carbocycles. The van der Waals surface area contributed by atoms with Crippen LogP contribution in [0.25, 0.3) is 0 Å². The first-order valence-electron chi connectivity index (χ1n) is 7.91. The van der Waals surface area contributed by atoms with E-state index < -0.39 is 0 Å². The molecular weight excluding hydrogens is 242 g/mol. The Balaban J connectivity index is 2.50. The number of para-hydroxylation sites is 1. The van der Waals surface area contributed by atoms with Crippen molar-refractivity contribution in [1.29, 1.82) is 0 Å². The van der Waals surface area contributed by atoms with E-state index in [1.807, 2.05) is 0 Å². The molecule has 2 rings (SSSR count). The topological polar surface area (TPSA) is 3.24 Å². The Morgan fingerprint density at radius 1 is 1.00 bits per heavy atom. The fraction of sp³-hybridized carbons (Fsp3) is 0.474. The Bertz CT molecular complexity index is 498. The van der Waals surface area contributed by atoms with Crippen molar-refractivity contribution in [2.45, 2.75) is 58.9 Å². The summed E-state index contributed by atoms with van der Waals surface area (Å²) in [7, 11) is 0. The first-order valence-corrected chi connectivity index (χ1v) is 7.91. The van der Waals surface area contributed by atoms with E-state index in [4.69, 9.17) is 0 Å². The van der Waals surface area contributed by atoms with Gasteiger partial charge in [-0.3, -0.25) is 0 Å². The molecular formula is C19H27N. The summed E-state index contributed by atoms with van der Waals surface area (Å²) in [6.07, 6.45) is 9.38. The van der Waals surface area contributed by atoms with Gasteiger partial charge in [0.05, 0.1) is 5.54 Å². The van der Waals surface area contributed by atoms with Crippen LogP contribution in [0.4, 0.5) is 5.69 Å². The van der Waals surface area contributed by atoms with Gasteiger partial charge in [-0.1, -0.05) is 51.5 Å². The first-order chi connectivity index (χ1) is 9.65. The average molecular weight is 269 g/mol. The Morgan fingerprint density at radius 3 is 2.25 bits per heavy atom. The largest absolute Gasteiger partial charge is 0.338 e. The fourth-order valence-electron chi connectivity index (χ4n) is 3.27. The molecule has 0 amide bonds. The summed E-state index contributed by atoms with van der Waals surface area (Å²) >= 11 is 0. The number of allylic oxidation sites excluding steroid dienone is 2. The Labute approximate surface area is 124 Å². The van der Waals surface area contributed by atoms with Gasteiger partial charge in [-0.25, -0.2) is 0 Å². The van der Waals surface area contributed by atoms with Crippen molar-refractivity contribution in [3.63, 3.8) is 0 Å². The number of hydrogen-bond acceptors (Lipinski definition) is 1. The lowest BCUT2D eigenvalue weighted by Gasteiger charge is -2.45. The molecule has 1 nitrogen and oxygen atoms in total. The zero-order valence-electron chi connectivity index (χ0n) is 13.3. The molecule has 108 valence electrons. The van der Waals surface area contributed by atoms with E-state index >= 15 is 0 Å². The smallest absolute Gasteiger partial charge is 0.0631 e. The van der Waals surface area contributed by atoms with Gasteiger partial charge in [0, 0.05) is 11.9 Å². The van der Waals surface area contributed by atoms with E-state index in [2.05, 4.69) is 75.2 Å². The molecule has 0 bridgehead atoms. The Hall–Kier alpha value is -1.50. The lowest BCUT2D eigenvalue weighted by Crippen LogP contribution is -2.46. The molecule has 0 saturated heterocycles. The number of anilines is 1. The van der Waals surface area contributed by atoms with Crippen LogP contribution in [0, 0.1) is 0 Å². The zero-order valence-corrected chi connectivity index (χ0v) is 13.3. The summed E-state index contributed by atoms with van der Waals surface area (Å²) < 4.78 is 0. The summed E-state index contributed by atoms with van der Waals surface area (Å²) in [6, 6.07) is 10.8. The molecule has 0 fully saturated rings. The summed E-state index contributed by atoms with van der Waals surface area (Å²) in [4.78, 5) is 2.49. The van der Waals surface area contributed by atoms with Crippen LogP contribution in [0.2, 0.25) is 0 Å². The van der Waals surface area contributed by atoms with Crippen molar-refractivity contribution >= 4 is 5.69 Å². The minimum atomic E-state index is 0.115. The second kappa shape index (κ2) is 6.30. The van der Waals surface area contributed by atoms with E-state index in [1.54, 1.807) is 5.57 Å². The molecule has 1 atom stereocenters. The average Bonchev–Trinajstić information content (AvgIpc) is 2.48. The highest BCUT2D eigenvalue weighted by Crippen LogP contribution is 2.40. The normalized spacial score (nSPS) is 22.5.